The summed E-state index contributed by atoms with van der Waals surface area (Å²) in [5.41, 5.74) is 3.85. The van der Waals surface area contributed by atoms with Crippen molar-refractivity contribution in [2.75, 3.05) is 6.61 Å². The largest absolute Gasteiger partial charge is 0.348 e. The van der Waals surface area contributed by atoms with Gasteiger partial charge in [0.25, 0.3) is 0 Å². The molecule has 1 fully saturated rings. The maximum atomic E-state index is 6.31. The van der Waals surface area contributed by atoms with Crippen LogP contribution in [0.3, 0.4) is 0 Å². The molecule has 1 unspecified atom stereocenters. The quantitative estimate of drug-likeness (QED) is 0.749. The molecule has 3 aromatic heterocycles. The van der Waals surface area contributed by atoms with Gasteiger partial charge in [0.2, 0.25) is 0 Å². The van der Waals surface area contributed by atoms with E-state index in [4.69, 9.17) is 9.47 Å². The van der Waals surface area contributed by atoms with Gasteiger partial charge in [0, 0.05) is 28.3 Å². The van der Waals surface area contributed by atoms with Crippen LogP contribution in [0.1, 0.15) is 45.2 Å². The monoisotopic (exact) mass is 352 g/mol. The molecule has 1 saturated heterocycles. The second-order valence-electron chi connectivity index (χ2n) is 8.06. The number of fused-ring (bicyclic) bond motifs is 1. The van der Waals surface area contributed by atoms with Gasteiger partial charge in [0.15, 0.2) is 11.9 Å². The molecular weight excluding hydrogens is 328 g/mol. The summed E-state index contributed by atoms with van der Waals surface area (Å²) in [7, 11) is 0. The third-order valence-electron chi connectivity index (χ3n) is 5.49. The van der Waals surface area contributed by atoms with E-state index in [1.54, 1.807) is 6.20 Å². The molecule has 1 atom stereocenters. The topological polar surface area (TPSA) is 72.9 Å². The van der Waals surface area contributed by atoms with Gasteiger partial charge in [-0.1, -0.05) is 13.8 Å². The lowest BCUT2D eigenvalue weighted by atomic mass is 9.77. The predicted octanol–water partition coefficient (Wildman–Crippen LogP) is 4.18. The first kappa shape index (κ1) is 17.1. The van der Waals surface area contributed by atoms with Crippen molar-refractivity contribution in [3.8, 4) is 11.4 Å². The molecule has 6 heteroatoms. The fourth-order valence-corrected chi connectivity index (χ4v) is 3.02. The Balaban J connectivity index is 1.73. The van der Waals surface area contributed by atoms with Crippen LogP contribution in [0.25, 0.3) is 22.4 Å². The van der Waals surface area contributed by atoms with Crippen molar-refractivity contribution in [1.82, 2.24) is 20.2 Å². The van der Waals surface area contributed by atoms with Crippen molar-refractivity contribution in [2.45, 2.75) is 46.5 Å². The molecular formula is C20H24N4O2. The highest BCUT2D eigenvalue weighted by atomic mass is 16.7. The van der Waals surface area contributed by atoms with E-state index < -0.39 is 6.29 Å². The minimum Gasteiger partial charge on any atom is -0.348 e. The molecule has 1 N–H and O–H groups in total. The summed E-state index contributed by atoms with van der Waals surface area (Å²) in [6, 6.07) is 7.89. The fourth-order valence-electron chi connectivity index (χ4n) is 3.02. The van der Waals surface area contributed by atoms with Crippen LogP contribution in [0.4, 0.5) is 0 Å². The standard InChI is InChI=1S/C20H24N4O2/c1-12-10-16(24-23-12)15-7-6-13-14(8-9-21-17(13)22-15)18-25-11-19(2,3)20(4,5)26-18/h6-10,18H,11H2,1-5H3,(H,23,24). The lowest BCUT2D eigenvalue weighted by molar-refractivity contribution is -0.299. The molecule has 0 saturated carbocycles. The molecule has 1 aliphatic heterocycles. The molecule has 1 aliphatic rings. The molecule has 0 amide bonds. The second kappa shape index (κ2) is 5.86. The van der Waals surface area contributed by atoms with Gasteiger partial charge in [-0.3, -0.25) is 5.10 Å². The summed E-state index contributed by atoms with van der Waals surface area (Å²) in [6.45, 7) is 11.1. The number of nitrogens with zero attached hydrogens (tertiary/aromatic N) is 3. The number of H-pyrrole nitrogens is 1. The lowest BCUT2D eigenvalue weighted by Crippen LogP contribution is -2.50. The molecule has 26 heavy (non-hydrogen) atoms. The average Bonchev–Trinajstić information content (AvgIpc) is 3.03. The third-order valence-corrected chi connectivity index (χ3v) is 5.49. The maximum absolute atomic E-state index is 6.31. The Morgan fingerprint density at radius 2 is 1.92 bits per heavy atom. The predicted molar refractivity (Wildman–Crippen MR) is 99.5 cm³/mol. The normalized spacial score (nSPS) is 21.8. The zero-order valence-corrected chi connectivity index (χ0v) is 15.8. The number of pyridine rings is 2. The highest BCUT2D eigenvalue weighted by Gasteiger charge is 2.45. The number of aryl methyl sites for hydroxylation is 1. The number of aromatic nitrogens is 4. The van der Waals surface area contributed by atoms with Crippen LogP contribution in [0, 0.1) is 12.3 Å². The Labute approximate surface area is 153 Å². The van der Waals surface area contributed by atoms with Gasteiger partial charge in [-0.05, 0) is 45.0 Å². The number of nitrogens with one attached hydrogen (secondary N) is 1. The summed E-state index contributed by atoms with van der Waals surface area (Å²) in [5.74, 6) is 0. The number of aromatic amines is 1. The average molecular weight is 352 g/mol. The van der Waals surface area contributed by atoms with Gasteiger partial charge in [-0.2, -0.15) is 5.10 Å². The van der Waals surface area contributed by atoms with E-state index in [0.717, 1.165) is 28.0 Å². The van der Waals surface area contributed by atoms with Gasteiger partial charge in [-0.15, -0.1) is 0 Å². The van der Waals surface area contributed by atoms with E-state index in [-0.39, 0.29) is 11.0 Å². The van der Waals surface area contributed by atoms with Crippen LogP contribution in [0.5, 0.6) is 0 Å². The Hall–Kier alpha value is -2.31. The van der Waals surface area contributed by atoms with E-state index in [1.807, 2.05) is 31.2 Å². The number of rotatable bonds is 2. The van der Waals surface area contributed by atoms with Gasteiger partial charge >= 0.3 is 0 Å². The molecule has 0 aliphatic carbocycles. The molecule has 136 valence electrons. The number of hydrogen-bond donors (Lipinski definition) is 1. The van der Waals surface area contributed by atoms with Gasteiger partial charge in [0.05, 0.1) is 17.9 Å². The van der Waals surface area contributed by atoms with E-state index in [1.165, 1.54) is 0 Å². The Morgan fingerprint density at radius 3 is 2.62 bits per heavy atom. The number of ether oxygens (including phenoxy) is 2. The molecule has 0 radical (unpaired) electrons. The first-order valence-electron chi connectivity index (χ1n) is 8.84. The van der Waals surface area contributed by atoms with E-state index in [2.05, 4.69) is 47.9 Å². The van der Waals surface area contributed by atoms with Crippen molar-refractivity contribution in [2.24, 2.45) is 5.41 Å². The van der Waals surface area contributed by atoms with Crippen LogP contribution in [-0.2, 0) is 9.47 Å². The van der Waals surface area contributed by atoms with Crippen LogP contribution in [0.15, 0.2) is 30.5 Å². The van der Waals surface area contributed by atoms with Crippen LogP contribution >= 0.6 is 0 Å². The van der Waals surface area contributed by atoms with E-state index in [0.29, 0.717) is 12.3 Å². The second-order valence-corrected chi connectivity index (χ2v) is 8.06. The van der Waals surface area contributed by atoms with Crippen molar-refractivity contribution in [3.63, 3.8) is 0 Å². The molecule has 0 bridgehead atoms. The summed E-state index contributed by atoms with van der Waals surface area (Å²) in [5, 5.41) is 8.15. The van der Waals surface area contributed by atoms with Crippen LogP contribution < -0.4 is 0 Å². The van der Waals surface area contributed by atoms with Crippen molar-refractivity contribution < 1.29 is 9.47 Å². The van der Waals surface area contributed by atoms with Crippen LogP contribution in [0.2, 0.25) is 0 Å². The highest BCUT2D eigenvalue weighted by Crippen LogP contribution is 2.44. The Morgan fingerprint density at radius 1 is 1.12 bits per heavy atom. The van der Waals surface area contributed by atoms with Crippen molar-refractivity contribution in [1.29, 1.82) is 0 Å². The van der Waals surface area contributed by atoms with Crippen LogP contribution in [-0.4, -0.2) is 32.4 Å². The smallest absolute Gasteiger partial charge is 0.185 e. The Kier molecular flexibility index (Phi) is 3.86. The van der Waals surface area contributed by atoms with E-state index >= 15 is 0 Å². The van der Waals surface area contributed by atoms with E-state index in [9.17, 15) is 0 Å². The minimum absolute atomic E-state index is 0.0600. The summed E-state index contributed by atoms with van der Waals surface area (Å²) in [6.07, 6.45) is 1.33. The highest BCUT2D eigenvalue weighted by molar-refractivity contribution is 5.81. The fraction of sp³-hybridized carbons (Fsp3) is 0.450. The van der Waals surface area contributed by atoms with Crippen molar-refractivity contribution >= 4 is 11.0 Å². The minimum atomic E-state index is -0.427. The molecule has 3 aromatic rings. The molecule has 4 heterocycles. The molecule has 0 aromatic carbocycles. The van der Waals surface area contributed by atoms with Gasteiger partial charge in [-0.25, -0.2) is 9.97 Å². The summed E-state index contributed by atoms with van der Waals surface area (Å²) < 4.78 is 12.4. The third kappa shape index (κ3) is 2.79. The zero-order valence-electron chi connectivity index (χ0n) is 15.8. The van der Waals surface area contributed by atoms with Gasteiger partial charge < -0.3 is 9.47 Å². The first-order valence-corrected chi connectivity index (χ1v) is 8.84. The molecule has 6 nitrogen and oxygen atoms in total. The zero-order chi connectivity index (χ0) is 18.5. The molecule has 4 rings (SSSR count). The Bertz CT molecular complexity index is 961. The summed E-state index contributed by atoms with van der Waals surface area (Å²) >= 11 is 0. The van der Waals surface area contributed by atoms with Crippen molar-refractivity contribution in [3.05, 3.63) is 41.7 Å². The first-order chi connectivity index (χ1) is 12.3. The number of hydrogen-bond acceptors (Lipinski definition) is 5. The summed E-state index contributed by atoms with van der Waals surface area (Å²) in [4.78, 5) is 9.11. The van der Waals surface area contributed by atoms with Gasteiger partial charge in [0.1, 0.15) is 5.69 Å². The maximum Gasteiger partial charge on any atom is 0.185 e. The SMILES string of the molecule is Cc1cc(-c2ccc3c(C4OCC(C)(C)C(C)(C)O4)ccnc3n2)n[nH]1. The molecule has 0 spiro atoms. The lowest BCUT2D eigenvalue weighted by Gasteiger charge is -2.48.